The average molecular weight is 406 g/mol. The van der Waals surface area contributed by atoms with E-state index in [-0.39, 0.29) is 30.0 Å². The standard InChI is InChI=1S/C17H18N4O4S2/c1-10-4-3-5-12(6-10)21-8-11(7-13(21)22)15(24)18-16-19-20-17(27-16)26-9-14(23)25-2/h3-6,11H,7-9H2,1-2H3,(H,18,19,24)/t11-/m1/s1. The molecule has 2 amide bonds. The first-order chi connectivity index (χ1) is 13.0. The minimum Gasteiger partial charge on any atom is -0.468 e. The van der Waals surface area contributed by atoms with Gasteiger partial charge in [0.15, 0.2) is 4.34 Å². The summed E-state index contributed by atoms with van der Waals surface area (Å²) in [4.78, 5) is 37.6. The van der Waals surface area contributed by atoms with E-state index in [4.69, 9.17) is 0 Å². The highest BCUT2D eigenvalue weighted by atomic mass is 32.2. The van der Waals surface area contributed by atoms with Crippen LogP contribution in [0, 0.1) is 12.8 Å². The number of carbonyl (C=O) groups is 3. The van der Waals surface area contributed by atoms with Crippen molar-refractivity contribution in [2.45, 2.75) is 17.7 Å². The van der Waals surface area contributed by atoms with Crippen LogP contribution in [0.15, 0.2) is 28.6 Å². The van der Waals surface area contributed by atoms with Gasteiger partial charge in [-0.1, -0.05) is 35.2 Å². The summed E-state index contributed by atoms with van der Waals surface area (Å²) in [6, 6.07) is 7.63. The fraction of sp³-hybridized carbons (Fsp3) is 0.353. The summed E-state index contributed by atoms with van der Waals surface area (Å²) >= 11 is 2.36. The zero-order valence-corrected chi connectivity index (χ0v) is 16.4. The molecule has 1 aromatic carbocycles. The van der Waals surface area contributed by atoms with E-state index < -0.39 is 5.92 Å². The van der Waals surface area contributed by atoms with Gasteiger partial charge in [-0.2, -0.15) is 0 Å². The summed E-state index contributed by atoms with van der Waals surface area (Å²) in [6.45, 7) is 2.29. The lowest BCUT2D eigenvalue weighted by atomic mass is 10.1. The van der Waals surface area contributed by atoms with Gasteiger partial charge >= 0.3 is 5.97 Å². The van der Waals surface area contributed by atoms with Crippen LogP contribution in [0.2, 0.25) is 0 Å². The van der Waals surface area contributed by atoms with Gasteiger partial charge in [-0.25, -0.2) is 0 Å². The van der Waals surface area contributed by atoms with Gasteiger partial charge in [-0.05, 0) is 24.6 Å². The average Bonchev–Trinajstić information content (AvgIpc) is 3.26. The Hall–Kier alpha value is -2.46. The Morgan fingerprint density at radius 3 is 2.96 bits per heavy atom. The number of benzene rings is 1. The Bertz CT molecular complexity index is 870. The first-order valence-corrected chi connectivity index (χ1v) is 9.97. The quantitative estimate of drug-likeness (QED) is 0.445. The number of hydrogen-bond acceptors (Lipinski definition) is 8. The van der Waals surface area contributed by atoms with Crippen molar-refractivity contribution in [2.24, 2.45) is 5.92 Å². The van der Waals surface area contributed by atoms with E-state index >= 15 is 0 Å². The maximum atomic E-state index is 12.5. The molecule has 1 atom stereocenters. The van der Waals surface area contributed by atoms with Crippen molar-refractivity contribution in [1.82, 2.24) is 10.2 Å². The molecule has 27 heavy (non-hydrogen) atoms. The van der Waals surface area contributed by atoms with Crippen LogP contribution in [0.3, 0.4) is 0 Å². The van der Waals surface area contributed by atoms with Crippen LogP contribution in [0.4, 0.5) is 10.8 Å². The number of nitrogens with zero attached hydrogens (tertiary/aromatic N) is 3. The topological polar surface area (TPSA) is 101 Å². The molecule has 0 unspecified atom stereocenters. The molecule has 3 rings (SSSR count). The molecule has 0 radical (unpaired) electrons. The van der Waals surface area contributed by atoms with Crippen LogP contribution in [0.25, 0.3) is 0 Å². The predicted octanol–water partition coefficient (Wildman–Crippen LogP) is 2.10. The molecule has 142 valence electrons. The van der Waals surface area contributed by atoms with Crippen molar-refractivity contribution in [3.05, 3.63) is 29.8 Å². The fourth-order valence-electron chi connectivity index (χ4n) is 2.63. The number of thioether (sulfide) groups is 1. The number of aromatic nitrogens is 2. The third kappa shape index (κ3) is 4.83. The van der Waals surface area contributed by atoms with Crippen LogP contribution in [0.5, 0.6) is 0 Å². The Balaban J connectivity index is 1.58. The highest BCUT2D eigenvalue weighted by molar-refractivity contribution is 8.01. The maximum absolute atomic E-state index is 12.5. The normalized spacial score (nSPS) is 16.4. The zero-order chi connectivity index (χ0) is 19.4. The smallest absolute Gasteiger partial charge is 0.316 e. The second-order valence-corrected chi connectivity index (χ2v) is 8.17. The molecule has 0 spiro atoms. The van der Waals surface area contributed by atoms with Crippen LogP contribution in [0.1, 0.15) is 12.0 Å². The van der Waals surface area contributed by atoms with Crippen LogP contribution < -0.4 is 10.2 Å². The van der Waals surface area contributed by atoms with E-state index in [9.17, 15) is 14.4 Å². The highest BCUT2D eigenvalue weighted by Crippen LogP contribution is 2.29. The molecule has 0 saturated carbocycles. The van der Waals surface area contributed by atoms with Crippen LogP contribution in [-0.2, 0) is 19.1 Å². The van der Waals surface area contributed by atoms with Gasteiger partial charge in [0.2, 0.25) is 16.9 Å². The number of rotatable bonds is 6. The SMILES string of the molecule is COC(=O)CSc1nnc(NC(=O)[C@@H]2CC(=O)N(c3cccc(C)c3)C2)s1. The summed E-state index contributed by atoms with van der Waals surface area (Å²) in [5, 5.41) is 10.9. The molecular weight excluding hydrogens is 388 g/mol. The number of methoxy groups -OCH3 is 1. The first kappa shape index (κ1) is 19.3. The summed E-state index contributed by atoms with van der Waals surface area (Å²) in [7, 11) is 1.32. The van der Waals surface area contributed by atoms with Gasteiger partial charge < -0.3 is 15.0 Å². The second-order valence-electron chi connectivity index (χ2n) is 5.97. The second kappa shape index (κ2) is 8.49. The lowest BCUT2D eigenvalue weighted by Crippen LogP contribution is -2.28. The van der Waals surface area contributed by atoms with Crippen molar-refractivity contribution in [3.63, 3.8) is 0 Å². The van der Waals surface area contributed by atoms with Gasteiger partial charge in [0.05, 0.1) is 18.8 Å². The van der Waals surface area contributed by atoms with E-state index in [1.807, 2.05) is 31.2 Å². The van der Waals surface area contributed by atoms with E-state index in [0.717, 1.165) is 11.3 Å². The van der Waals surface area contributed by atoms with Crippen molar-refractivity contribution in [3.8, 4) is 0 Å². The lowest BCUT2D eigenvalue weighted by Gasteiger charge is -2.17. The number of esters is 1. The van der Waals surface area contributed by atoms with Gasteiger partial charge in [-0.15, -0.1) is 10.2 Å². The largest absolute Gasteiger partial charge is 0.468 e. The molecule has 1 N–H and O–H groups in total. The summed E-state index contributed by atoms with van der Waals surface area (Å²) < 4.78 is 5.12. The Kier molecular flexibility index (Phi) is 6.07. The molecule has 1 aromatic heterocycles. The number of hydrogen-bond donors (Lipinski definition) is 1. The zero-order valence-electron chi connectivity index (χ0n) is 14.8. The molecule has 2 heterocycles. The van der Waals surface area contributed by atoms with E-state index in [0.29, 0.717) is 16.0 Å². The third-order valence-electron chi connectivity index (χ3n) is 3.99. The van der Waals surface area contributed by atoms with E-state index in [1.54, 1.807) is 4.90 Å². The van der Waals surface area contributed by atoms with Gasteiger partial charge in [0.1, 0.15) is 0 Å². The number of carbonyl (C=O) groups excluding carboxylic acids is 3. The Labute approximate surface area is 164 Å². The Morgan fingerprint density at radius 2 is 2.22 bits per heavy atom. The van der Waals surface area contributed by atoms with Crippen molar-refractivity contribution in [1.29, 1.82) is 0 Å². The van der Waals surface area contributed by atoms with Crippen LogP contribution >= 0.6 is 23.1 Å². The van der Waals surface area contributed by atoms with Crippen LogP contribution in [-0.4, -0.2) is 47.4 Å². The number of aryl methyl sites for hydroxylation is 1. The number of nitrogens with one attached hydrogen (secondary N) is 1. The van der Waals surface area contributed by atoms with Crippen molar-refractivity contribution >= 4 is 51.7 Å². The summed E-state index contributed by atoms with van der Waals surface area (Å²) in [5.41, 5.74) is 1.85. The number of ether oxygens (including phenoxy) is 1. The van der Waals surface area contributed by atoms with Gasteiger partial charge in [-0.3, -0.25) is 14.4 Å². The molecule has 0 bridgehead atoms. The number of anilines is 2. The molecule has 8 nitrogen and oxygen atoms in total. The third-order valence-corrected chi connectivity index (χ3v) is 5.93. The van der Waals surface area contributed by atoms with Crippen molar-refractivity contribution in [2.75, 3.05) is 29.6 Å². The molecule has 2 aromatic rings. The minimum atomic E-state index is -0.451. The molecule has 1 aliphatic heterocycles. The molecule has 10 heteroatoms. The molecule has 1 fully saturated rings. The van der Waals surface area contributed by atoms with Crippen molar-refractivity contribution < 1.29 is 19.1 Å². The van der Waals surface area contributed by atoms with E-state index in [1.165, 1.54) is 30.2 Å². The summed E-state index contributed by atoms with van der Waals surface area (Å²) in [5.74, 6) is -1.03. The number of amides is 2. The molecular formula is C17H18N4O4S2. The molecule has 1 saturated heterocycles. The molecule has 0 aliphatic carbocycles. The lowest BCUT2D eigenvalue weighted by molar-refractivity contribution is -0.137. The minimum absolute atomic E-state index is 0.0765. The maximum Gasteiger partial charge on any atom is 0.316 e. The van der Waals surface area contributed by atoms with Gasteiger partial charge in [0.25, 0.3) is 0 Å². The fourth-order valence-corrected chi connectivity index (χ4v) is 4.22. The van der Waals surface area contributed by atoms with E-state index in [2.05, 4.69) is 20.3 Å². The predicted molar refractivity (Wildman–Crippen MR) is 103 cm³/mol. The first-order valence-electron chi connectivity index (χ1n) is 8.17. The monoisotopic (exact) mass is 406 g/mol. The molecule has 1 aliphatic rings. The highest BCUT2D eigenvalue weighted by Gasteiger charge is 2.35. The summed E-state index contributed by atoms with van der Waals surface area (Å²) in [6.07, 6.45) is 0.155. The van der Waals surface area contributed by atoms with Gasteiger partial charge in [0, 0.05) is 18.7 Å². The Morgan fingerprint density at radius 1 is 1.41 bits per heavy atom.